The Morgan fingerprint density at radius 2 is 1.85 bits per heavy atom. The molecule has 0 aliphatic rings. The number of hydrogen-bond acceptors (Lipinski definition) is 2. The minimum Gasteiger partial charge on any atom is -0.481 e. The molecule has 0 aromatic heterocycles. The highest BCUT2D eigenvalue weighted by Gasteiger charge is 2.19. The first-order valence-electron chi connectivity index (χ1n) is 6.59. The molecular weight excluding hydrogens is 256 g/mol. The van der Waals surface area contributed by atoms with Crippen LogP contribution in [0.1, 0.15) is 39.7 Å². The molecule has 3 N–H and O–H groups in total. The standard InChI is InChI=1S/C15H22N2O3/c1-10(9-13(18)19)16-14(20)17-12-8-6-5-7-11(12)15(2,3)4/h5-8,10H,9H2,1-4H3,(H,18,19)(H2,16,17,20). The Labute approximate surface area is 119 Å². The third-order valence-electron chi connectivity index (χ3n) is 2.84. The molecule has 5 heteroatoms. The fraction of sp³-hybridized carbons (Fsp3) is 0.467. The zero-order chi connectivity index (χ0) is 15.3. The highest BCUT2D eigenvalue weighted by molar-refractivity contribution is 5.90. The number of carboxylic acid groups (broad SMARTS) is 1. The fourth-order valence-corrected chi connectivity index (χ4v) is 1.94. The number of amides is 2. The van der Waals surface area contributed by atoms with Crippen molar-refractivity contribution in [3.05, 3.63) is 29.8 Å². The number of anilines is 1. The zero-order valence-electron chi connectivity index (χ0n) is 12.4. The molecule has 0 radical (unpaired) electrons. The van der Waals surface area contributed by atoms with Gasteiger partial charge in [0.15, 0.2) is 0 Å². The summed E-state index contributed by atoms with van der Waals surface area (Å²) in [6, 6.07) is 6.77. The molecule has 1 unspecified atom stereocenters. The van der Waals surface area contributed by atoms with Crippen molar-refractivity contribution in [2.45, 2.75) is 45.6 Å². The van der Waals surface area contributed by atoms with Crippen molar-refractivity contribution in [3.8, 4) is 0 Å². The van der Waals surface area contributed by atoms with Crippen LogP contribution in [0.3, 0.4) is 0 Å². The predicted molar refractivity (Wildman–Crippen MR) is 79.0 cm³/mol. The number of hydrogen-bond donors (Lipinski definition) is 3. The average Bonchev–Trinajstić information content (AvgIpc) is 2.26. The van der Waals surface area contributed by atoms with Crippen LogP contribution in [0.15, 0.2) is 24.3 Å². The molecule has 0 heterocycles. The molecule has 0 fully saturated rings. The molecule has 0 saturated heterocycles. The van der Waals surface area contributed by atoms with E-state index >= 15 is 0 Å². The van der Waals surface area contributed by atoms with Crippen molar-refractivity contribution in [2.24, 2.45) is 0 Å². The van der Waals surface area contributed by atoms with E-state index in [0.717, 1.165) is 11.3 Å². The van der Waals surface area contributed by atoms with Gasteiger partial charge in [-0.2, -0.15) is 0 Å². The van der Waals surface area contributed by atoms with Crippen LogP contribution in [0.4, 0.5) is 10.5 Å². The van der Waals surface area contributed by atoms with E-state index in [-0.39, 0.29) is 11.8 Å². The number of urea groups is 1. The monoisotopic (exact) mass is 278 g/mol. The first-order chi connectivity index (χ1) is 9.20. The Hall–Kier alpha value is -2.04. The van der Waals surface area contributed by atoms with Crippen LogP contribution >= 0.6 is 0 Å². The molecule has 0 spiro atoms. The summed E-state index contributed by atoms with van der Waals surface area (Å²) in [6.45, 7) is 7.86. The van der Waals surface area contributed by atoms with E-state index in [4.69, 9.17) is 5.11 Å². The molecule has 5 nitrogen and oxygen atoms in total. The maximum atomic E-state index is 11.9. The first-order valence-corrected chi connectivity index (χ1v) is 6.59. The lowest BCUT2D eigenvalue weighted by molar-refractivity contribution is -0.137. The van der Waals surface area contributed by atoms with Gasteiger partial charge in [-0.1, -0.05) is 39.0 Å². The Balaban J connectivity index is 2.74. The molecule has 110 valence electrons. The largest absolute Gasteiger partial charge is 0.481 e. The lowest BCUT2D eigenvalue weighted by atomic mass is 9.86. The van der Waals surface area contributed by atoms with Gasteiger partial charge in [-0.3, -0.25) is 4.79 Å². The second-order valence-electron chi connectivity index (χ2n) is 5.89. The number of nitrogens with one attached hydrogen (secondary N) is 2. The maximum Gasteiger partial charge on any atom is 0.319 e. The first kappa shape index (κ1) is 16.0. The Kier molecular flexibility index (Phi) is 5.13. The van der Waals surface area contributed by atoms with Gasteiger partial charge in [0.05, 0.1) is 6.42 Å². The quantitative estimate of drug-likeness (QED) is 0.792. The lowest BCUT2D eigenvalue weighted by Crippen LogP contribution is -2.37. The number of rotatable bonds is 4. The predicted octanol–water partition coefficient (Wildman–Crippen LogP) is 2.97. The molecule has 1 aromatic rings. The van der Waals surface area contributed by atoms with Gasteiger partial charge in [0.1, 0.15) is 0 Å². The molecule has 2 amide bonds. The van der Waals surface area contributed by atoms with Gasteiger partial charge in [-0.15, -0.1) is 0 Å². The minimum absolute atomic E-state index is 0.0868. The third kappa shape index (κ3) is 4.91. The average molecular weight is 278 g/mol. The van der Waals surface area contributed by atoms with E-state index in [0.29, 0.717) is 0 Å². The third-order valence-corrected chi connectivity index (χ3v) is 2.84. The molecule has 0 aliphatic heterocycles. The van der Waals surface area contributed by atoms with Crippen LogP contribution in [0.25, 0.3) is 0 Å². The molecule has 20 heavy (non-hydrogen) atoms. The summed E-state index contributed by atoms with van der Waals surface area (Å²) in [7, 11) is 0. The second-order valence-corrected chi connectivity index (χ2v) is 5.89. The molecule has 0 aliphatic carbocycles. The molecule has 1 rings (SSSR count). The summed E-state index contributed by atoms with van der Waals surface area (Å²) in [5.74, 6) is -0.937. The number of carboxylic acids is 1. The highest BCUT2D eigenvalue weighted by atomic mass is 16.4. The van der Waals surface area contributed by atoms with Crippen LogP contribution < -0.4 is 10.6 Å². The topological polar surface area (TPSA) is 78.4 Å². The minimum atomic E-state index is -0.937. The second kappa shape index (κ2) is 6.41. The summed E-state index contributed by atoms with van der Waals surface area (Å²) in [6.07, 6.45) is -0.103. The number of carbonyl (C=O) groups is 2. The van der Waals surface area contributed by atoms with Crippen LogP contribution in [0.2, 0.25) is 0 Å². The lowest BCUT2D eigenvalue weighted by Gasteiger charge is -2.23. The van der Waals surface area contributed by atoms with Gasteiger partial charge >= 0.3 is 12.0 Å². The molecular formula is C15H22N2O3. The Bertz CT molecular complexity index is 492. The Morgan fingerprint density at radius 1 is 1.25 bits per heavy atom. The fourth-order valence-electron chi connectivity index (χ4n) is 1.94. The smallest absolute Gasteiger partial charge is 0.319 e. The van der Waals surface area contributed by atoms with Gasteiger partial charge in [0, 0.05) is 11.7 Å². The van der Waals surface area contributed by atoms with E-state index in [9.17, 15) is 9.59 Å². The molecule has 1 aromatic carbocycles. The van der Waals surface area contributed by atoms with Crippen molar-refractivity contribution < 1.29 is 14.7 Å². The SMILES string of the molecule is CC(CC(=O)O)NC(=O)Nc1ccccc1C(C)(C)C. The van der Waals surface area contributed by atoms with Crippen molar-refractivity contribution in [1.29, 1.82) is 0 Å². The van der Waals surface area contributed by atoms with E-state index in [2.05, 4.69) is 31.4 Å². The van der Waals surface area contributed by atoms with Crippen LogP contribution in [0.5, 0.6) is 0 Å². The maximum absolute atomic E-state index is 11.9. The van der Waals surface area contributed by atoms with Gasteiger partial charge < -0.3 is 15.7 Å². The van der Waals surface area contributed by atoms with Crippen molar-refractivity contribution in [1.82, 2.24) is 5.32 Å². The summed E-state index contributed by atoms with van der Waals surface area (Å²) in [5, 5.41) is 14.1. The van der Waals surface area contributed by atoms with E-state index in [1.807, 2.05) is 24.3 Å². The normalized spacial score (nSPS) is 12.6. The highest BCUT2D eigenvalue weighted by Crippen LogP contribution is 2.29. The van der Waals surface area contributed by atoms with Crippen molar-refractivity contribution >= 4 is 17.7 Å². The van der Waals surface area contributed by atoms with Crippen LogP contribution in [-0.2, 0) is 10.2 Å². The molecule has 0 saturated carbocycles. The van der Waals surface area contributed by atoms with Gasteiger partial charge in [0.2, 0.25) is 0 Å². The van der Waals surface area contributed by atoms with E-state index in [1.54, 1.807) is 6.92 Å². The summed E-state index contributed by atoms with van der Waals surface area (Å²) in [4.78, 5) is 22.4. The van der Waals surface area contributed by atoms with E-state index in [1.165, 1.54) is 0 Å². The molecule has 0 bridgehead atoms. The van der Waals surface area contributed by atoms with Gasteiger partial charge in [-0.05, 0) is 24.0 Å². The van der Waals surface area contributed by atoms with Crippen LogP contribution in [-0.4, -0.2) is 23.1 Å². The summed E-state index contributed by atoms with van der Waals surface area (Å²) in [5.41, 5.74) is 1.68. The summed E-state index contributed by atoms with van der Waals surface area (Å²) >= 11 is 0. The number of carbonyl (C=O) groups excluding carboxylic acids is 1. The van der Waals surface area contributed by atoms with Gasteiger partial charge in [-0.25, -0.2) is 4.79 Å². The molecule has 1 atom stereocenters. The van der Waals surface area contributed by atoms with E-state index < -0.39 is 18.0 Å². The zero-order valence-corrected chi connectivity index (χ0v) is 12.4. The van der Waals surface area contributed by atoms with Gasteiger partial charge in [0.25, 0.3) is 0 Å². The van der Waals surface area contributed by atoms with Crippen LogP contribution in [0, 0.1) is 0 Å². The van der Waals surface area contributed by atoms with Crippen molar-refractivity contribution in [3.63, 3.8) is 0 Å². The number of aliphatic carboxylic acids is 1. The number of benzene rings is 1. The van der Waals surface area contributed by atoms with Crippen molar-refractivity contribution in [2.75, 3.05) is 5.32 Å². The summed E-state index contributed by atoms with van der Waals surface area (Å²) < 4.78 is 0. The Morgan fingerprint density at radius 3 is 2.40 bits per heavy atom. The number of para-hydroxylation sites is 1.